The monoisotopic (exact) mass is 472 g/mol. The number of amides is 1. The summed E-state index contributed by atoms with van der Waals surface area (Å²) in [6.45, 7) is 0.357. The molecule has 0 radical (unpaired) electrons. The highest BCUT2D eigenvalue weighted by molar-refractivity contribution is 7.89. The number of anilines is 1. The molecule has 2 aromatic rings. The molecule has 0 unspecified atom stereocenters. The molecule has 0 aromatic heterocycles. The van der Waals surface area contributed by atoms with Crippen LogP contribution in [0, 0.1) is 5.92 Å². The van der Waals surface area contributed by atoms with Crippen LogP contribution in [0.3, 0.4) is 0 Å². The maximum absolute atomic E-state index is 13.1. The van der Waals surface area contributed by atoms with Crippen molar-refractivity contribution in [3.63, 3.8) is 0 Å². The number of ether oxygens (including phenoxy) is 2. The lowest BCUT2D eigenvalue weighted by Gasteiger charge is -2.31. The number of hydrogen-bond acceptors (Lipinski definition) is 5. The molecular weight excluding hydrogens is 451 g/mol. The minimum Gasteiger partial charge on any atom is -0.497 e. The summed E-state index contributed by atoms with van der Waals surface area (Å²) < 4.78 is 37.9. The van der Waals surface area contributed by atoms with Crippen LogP contribution >= 0.6 is 23.2 Å². The number of carbonyl (C=O) groups is 1. The Bertz CT molecular complexity index is 1050. The number of carbonyl (C=O) groups excluding carboxylic acids is 1. The van der Waals surface area contributed by atoms with E-state index in [4.69, 9.17) is 32.7 Å². The molecule has 30 heavy (non-hydrogen) atoms. The van der Waals surface area contributed by atoms with Gasteiger partial charge in [-0.3, -0.25) is 4.79 Å². The van der Waals surface area contributed by atoms with Crippen molar-refractivity contribution in [3.8, 4) is 11.5 Å². The lowest BCUT2D eigenvalue weighted by atomic mass is 9.98. The molecule has 1 aliphatic rings. The fourth-order valence-corrected chi connectivity index (χ4v) is 5.59. The van der Waals surface area contributed by atoms with Crippen molar-refractivity contribution < 1.29 is 22.7 Å². The summed E-state index contributed by atoms with van der Waals surface area (Å²) in [6, 6.07) is 9.34. The Morgan fingerprint density at radius 1 is 1.13 bits per heavy atom. The van der Waals surface area contributed by atoms with E-state index in [1.807, 2.05) is 0 Å². The zero-order valence-electron chi connectivity index (χ0n) is 16.5. The fraction of sp³-hybridized carbons (Fsp3) is 0.350. The normalized spacial score (nSPS) is 17.4. The Hall–Kier alpha value is -2.00. The maximum Gasteiger partial charge on any atom is 0.244 e. The number of rotatable bonds is 6. The second-order valence-corrected chi connectivity index (χ2v) is 9.58. The summed E-state index contributed by atoms with van der Waals surface area (Å²) in [5, 5.41) is 3.19. The van der Waals surface area contributed by atoms with E-state index in [2.05, 4.69) is 5.32 Å². The first-order valence-electron chi connectivity index (χ1n) is 9.24. The smallest absolute Gasteiger partial charge is 0.244 e. The highest BCUT2D eigenvalue weighted by Crippen LogP contribution is 2.32. The van der Waals surface area contributed by atoms with Crippen LogP contribution in [0.25, 0.3) is 0 Å². The number of benzene rings is 2. The molecule has 1 atom stereocenters. The van der Waals surface area contributed by atoms with Crippen LogP contribution in [0.1, 0.15) is 12.8 Å². The highest BCUT2D eigenvalue weighted by Gasteiger charge is 2.34. The predicted octanol–water partition coefficient (Wildman–Crippen LogP) is 4.05. The van der Waals surface area contributed by atoms with Crippen LogP contribution in [-0.2, 0) is 14.8 Å². The van der Waals surface area contributed by atoms with Gasteiger partial charge in [-0.25, -0.2) is 8.42 Å². The number of piperidine rings is 1. The van der Waals surface area contributed by atoms with Gasteiger partial charge in [0.2, 0.25) is 15.9 Å². The number of hydrogen-bond donors (Lipinski definition) is 1. The second-order valence-electron chi connectivity index (χ2n) is 6.83. The molecule has 0 aliphatic carbocycles. The van der Waals surface area contributed by atoms with Gasteiger partial charge in [-0.15, -0.1) is 0 Å². The van der Waals surface area contributed by atoms with Gasteiger partial charge in [0.1, 0.15) is 16.4 Å². The summed E-state index contributed by atoms with van der Waals surface area (Å²) in [5.74, 6) is 0.251. The van der Waals surface area contributed by atoms with Crippen molar-refractivity contribution in [3.05, 3.63) is 46.4 Å². The van der Waals surface area contributed by atoms with Crippen LogP contribution in [0.5, 0.6) is 11.5 Å². The molecule has 1 fully saturated rings. The van der Waals surface area contributed by atoms with Gasteiger partial charge in [0, 0.05) is 24.2 Å². The standard InChI is InChI=1S/C20H22Cl2N2O5S/c1-28-15-6-8-17(18(11-15)29-2)23-20(25)13-4-3-9-24(12-13)30(26,27)19-10-14(21)5-7-16(19)22/h5-8,10-11,13H,3-4,9,12H2,1-2H3,(H,23,25)/t13-/m1/s1. The van der Waals surface area contributed by atoms with Crippen LogP contribution in [0.4, 0.5) is 5.69 Å². The van der Waals surface area contributed by atoms with Gasteiger partial charge in [0.25, 0.3) is 0 Å². The van der Waals surface area contributed by atoms with E-state index >= 15 is 0 Å². The highest BCUT2D eigenvalue weighted by atomic mass is 35.5. The minimum absolute atomic E-state index is 0.0511. The van der Waals surface area contributed by atoms with E-state index in [0.29, 0.717) is 36.6 Å². The molecule has 1 amide bonds. The molecule has 1 heterocycles. The van der Waals surface area contributed by atoms with Gasteiger partial charge in [0.15, 0.2) is 0 Å². The van der Waals surface area contributed by atoms with Crippen molar-refractivity contribution >= 4 is 44.8 Å². The van der Waals surface area contributed by atoms with Gasteiger partial charge >= 0.3 is 0 Å². The predicted molar refractivity (Wildman–Crippen MR) is 116 cm³/mol. The van der Waals surface area contributed by atoms with Crippen molar-refractivity contribution in [2.45, 2.75) is 17.7 Å². The summed E-state index contributed by atoms with van der Waals surface area (Å²) in [6.07, 6.45) is 1.12. The second kappa shape index (κ2) is 9.43. The fourth-order valence-electron chi connectivity index (χ4n) is 3.33. The quantitative estimate of drug-likeness (QED) is 0.685. The molecule has 0 spiro atoms. The first-order valence-corrected chi connectivity index (χ1v) is 11.4. The van der Waals surface area contributed by atoms with Gasteiger partial charge < -0.3 is 14.8 Å². The average Bonchev–Trinajstić information content (AvgIpc) is 2.75. The molecule has 3 rings (SSSR count). The van der Waals surface area contributed by atoms with E-state index in [0.717, 1.165) is 0 Å². The SMILES string of the molecule is COc1ccc(NC(=O)[C@@H]2CCCN(S(=O)(=O)c3cc(Cl)ccc3Cl)C2)c(OC)c1. The van der Waals surface area contributed by atoms with Gasteiger partial charge in [0.05, 0.1) is 30.8 Å². The Morgan fingerprint density at radius 2 is 1.90 bits per heavy atom. The van der Waals surface area contributed by atoms with Crippen molar-refractivity contribution in [1.82, 2.24) is 4.31 Å². The lowest BCUT2D eigenvalue weighted by molar-refractivity contribution is -0.120. The van der Waals surface area contributed by atoms with Crippen molar-refractivity contribution in [1.29, 1.82) is 0 Å². The van der Waals surface area contributed by atoms with Gasteiger partial charge in [-0.1, -0.05) is 23.2 Å². The number of methoxy groups -OCH3 is 2. The Labute approximate surface area is 185 Å². The molecule has 7 nitrogen and oxygen atoms in total. The maximum atomic E-state index is 13.1. The Balaban J connectivity index is 1.77. The minimum atomic E-state index is -3.88. The van der Waals surface area contributed by atoms with Crippen LogP contribution in [0.15, 0.2) is 41.3 Å². The van der Waals surface area contributed by atoms with Crippen LogP contribution in [0.2, 0.25) is 10.0 Å². The third-order valence-electron chi connectivity index (χ3n) is 4.93. The van der Waals surface area contributed by atoms with Crippen LogP contribution < -0.4 is 14.8 Å². The van der Waals surface area contributed by atoms with Gasteiger partial charge in [-0.05, 0) is 43.2 Å². The number of nitrogens with zero attached hydrogens (tertiary/aromatic N) is 1. The van der Waals surface area contributed by atoms with Crippen molar-refractivity contribution in [2.24, 2.45) is 5.92 Å². The zero-order chi connectivity index (χ0) is 21.9. The molecule has 1 aliphatic heterocycles. The van der Waals surface area contributed by atoms with E-state index < -0.39 is 15.9 Å². The van der Waals surface area contributed by atoms with Crippen LogP contribution in [-0.4, -0.2) is 45.9 Å². The summed E-state index contributed by atoms with van der Waals surface area (Å²) in [7, 11) is -0.849. The van der Waals surface area contributed by atoms with Gasteiger partial charge in [-0.2, -0.15) is 4.31 Å². The third kappa shape index (κ3) is 4.83. The topological polar surface area (TPSA) is 84.9 Å². The Kier molecular flexibility index (Phi) is 7.13. The van der Waals surface area contributed by atoms with E-state index in [1.54, 1.807) is 18.2 Å². The molecule has 2 aromatic carbocycles. The molecule has 1 N–H and O–H groups in total. The first kappa shape index (κ1) is 22.7. The average molecular weight is 473 g/mol. The molecule has 0 saturated carbocycles. The van der Waals surface area contributed by atoms with E-state index in [1.165, 1.54) is 36.7 Å². The van der Waals surface area contributed by atoms with E-state index in [-0.39, 0.29) is 27.4 Å². The third-order valence-corrected chi connectivity index (χ3v) is 7.51. The van der Waals surface area contributed by atoms with Crippen molar-refractivity contribution in [2.75, 3.05) is 32.6 Å². The molecule has 10 heteroatoms. The number of nitrogens with one attached hydrogen (secondary N) is 1. The largest absolute Gasteiger partial charge is 0.497 e. The first-order chi connectivity index (χ1) is 14.3. The number of halogens is 2. The molecule has 0 bridgehead atoms. The molecule has 1 saturated heterocycles. The number of sulfonamides is 1. The summed E-state index contributed by atoms with van der Waals surface area (Å²) >= 11 is 12.1. The lowest BCUT2D eigenvalue weighted by Crippen LogP contribution is -2.43. The summed E-state index contributed by atoms with van der Waals surface area (Å²) in [5.41, 5.74) is 0.487. The Morgan fingerprint density at radius 3 is 2.60 bits per heavy atom. The molecule has 162 valence electrons. The summed E-state index contributed by atoms with van der Waals surface area (Å²) in [4.78, 5) is 12.8. The van der Waals surface area contributed by atoms with E-state index in [9.17, 15) is 13.2 Å². The molecular formula is C20H22Cl2N2O5S. The zero-order valence-corrected chi connectivity index (χ0v) is 18.9.